The van der Waals surface area contributed by atoms with Crippen molar-refractivity contribution in [3.63, 3.8) is 0 Å². The number of amides is 3. The van der Waals surface area contributed by atoms with E-state index in [1.165, 1.54) is 6.08 Å². The van der Waals surface area contributed by atoms with Crippen molar-refractivity contribution in [1.82, 2.24) is 10.2 Å². The Bertz CT molecular complexity index is 981. The average Bonchev–Trinajstić information content (AvgIpc) is 3.56. The third kappa shape index (κ3) is 4.21. The molecule has 6 nitrogen and oxygen atoms in total. The highest BCUT2D eigenvalue weighted by atomic mass is 16.2. The summed E-state index contributed by atoms with van der Waals surface area (Å²) in [6.45, 7) is 3.81. The van der Waals surface area contributed by atoms with E-state index < -0.39 is 6.04 Å². The lowest BCUT2D eigenvalue weighted by molar-refractivity contribution is -0.126. The van der Waals surface area contributed by atoms with Crippen LogP contribution in [0.2, 0.25) is 0 Å². The van der Waals surface area contributed by atoms with Gasteiger partial charge in [0, 0.05) is 30.3 Å². The molecule has 148 valence electrons. The van der Waals surface area contributed by atoms with Crippen LogP contribution < -0.4 is 10.6 Å². The zero-order chi connectivity index (χ0) is 20.4. The largest absolute Gasteiger partial charge is 0.352 e. The molecule has 0 radical (unpaired) electrons. The summed E-state index contributed by atoms with van der Waals surface area (Å²) in [5, 5.41) is 5.70. The number of carbonyl (C=O) groups excluding carboxylic acids is 3. The molecule has 1 atom stereocenters. The molecular formula is C23H23N3O3. The van der Waals surface area contributed by atoms with Crippen molar-refractivity contribution in [1.29, 1.82) is 0 Å². The number of fused-ring (bicyclic) bond motifs is 1. The maximum absolute atomic E-state index is 13.3. The highest BCUT2D eigenvalue weighted by Crippen LogP contribution is 2.27. The summed E-state index contributed by atoms with van der Waals surface area (Å²) in [6, 6.07) is 14.3. The lowest BCUT2D eigenvalue weighted by atomic mass is 9.92. The Balaban J connectivity index is 1.62. The molecule has 2 aromatic rings. The molecule has 1 saturated carbocycles. The third-order valence-corrected chi connectivity index (χ3v) is 5.30. The zero-order valence-corrected chi connectivity index (χ0v) is 16.1. The summed E-state index contributed by atoms with van der Waals surface area (Å²) in [4.78, 5) is 39.4. The monoisotopic (exact) mass is 389 g/mol. The van der Waals surface area contributed by atoms with Gasteiger partial charge in [0.2, 0.25) is 11.8 Å². The van der Waals surface area contributed by atoms with Crippen LogP contribution in [0.25, 0.3) is 0 Å². The Morgan fingerprint density at radius 3 is 2.52 bits per heavy atom. The molecule has 1 fully saturated rings. The first-order chi connectivity index (χ1) is 14.0. The molecule has 1 aliphatic carbocycles. The summed E-state index contributed by atoms with van der Waals surface area (Å²) in [7, 11) is 0. The standard InChI is InChI=1S/C23H23N3O3/c1-2-21(27)24-19-9-5-8-16(12-19)23(29)26-14-17-7-4-3-6-15(17)13-20(26)22(28)25-18-10-11-18/h2-9,12,18,20H,1,10-11,13-14H2,(H,24,27)(H,25,28)/t20-/m0/s1. The fraction of sp³-hybridized carbons (Fsp3) is 0.261. The summed E-state index contributed by atoms with van der Waals surface area (Å²) in [5.74, 6) is -0.681. The Morgan fingerprint density at radius 2 is 1.79 bits per heavy atom. The number of carbonyl (C=O) groups is 3. The Labute approximate surface area is 169 Å². The van der Waals surface area contributed by atoms with Crippen LogP contribution in [0.1, 0.15) is 34.3 Å². The molecule has 1 aliphatic heterocycles. The molecule has 6 heteroatoms. The van der Waals surface area contributed by atoms with Crippen molar-refractivity contribution in [2.24, 2.45) is 0 Å². The fourth-order valence-electron chi connectivity index (χ4n) is 3.58. The van der Waals surface area contributed by atoms with E-state index >= 15 is 0 Å². The minimum Gasteiger partial charge on any atom is -0.352 e. The van der Waals surface area contributed by atoms with Crippen LogP contribution >= 0.6 is 0 Å². The van der Waals surface area contributed by atoms with Gasteiger partial charge in [-0.2, -0.15) is 0 Å². The van der Waals surface area contributed by atoms with Crippen LogP contribution in [-0.4, -0.2) is 34.7 Å². The third-order valence-electron chi connectivity index (χ3n) is 5.30. The number of benzene rings is 2. The number of nitrogens with zero attached hydrogens (tertiary/aromatic N) is 1. The average molecular weight is 389 g/mol. The molecule has 0 spiro atoms. The van der Waals surface area contributed by atoms with Gasteiger partial charge in [-0.15, -0.1) is 0 Å². The Kier molecular flexibility index (Phi) is 5.16. The van der Waals surface area contributed by atoms with Gasteiger partial charge in [0.1, 0.15) is 6.04 Å². The van der Waals surface area contributed by atoms with Gasteiger partial charge < -0.3 is 15.5 Å². The lowest BCUT2D eigenvalue weighted by Crippen LogP contribution is -2.53. The smallest absolute Gasteiger partial charge is 0.254 e. The molecule has 2 aliphatic rings. The van der Waals surface area contributed by atoms with Crippen LogP contribution in [0.5, 0.6) is 0 Å². The van der Waals surface area contributed by atoms with Crippen LogP contribution in [0.4, 0.5) is 5.69 Å². The van der Waals surface area contributed by atoms with Gasteiger partial charge in [-0.05, 0) is 48.2 Å². The van der Waals surface area contributed by atoms with E-state index in [-0.39, 0.29) is 23.8 Å². The SMILES string of the molecule is C=CC(=O)Nc1cccc(C(=O)N2Cc3ccccc3C[C@H]2C(=O)NC2CC2)c1. The number of hydrogen-bond donors (Lipinski definition) is 2. The summed E-state index contributed by atoms with van der Waals surface area (Å²) in [5.41, 5.74) is 3.08. The van der Waals surface area contributed by atoms with E-state index in [0.717, 1.165) is 24.0 Å². The van der Waals surface area contributed by atoms with Crippen molar-refractivity contribution in [2.45, 2.75) is 37.9 Å². The molecule has 3 amide bonds. The quantitative estimate of drug-likeness (QED) is 0.772. The Hall–Kier alpha value is -3.41. The minimum absolute atomic E-state index is 0.105. The van der Waals surface area contributed by atoms with Gasteiger partial charge in [0.05, 0.1) is 0 Å². The van der Waals surface area contributed by atoms with Crippen molar-refractivity contribution in [3.05, 3.63) is 77.9 Å². The fourth-order valence-corrected chi connectivity index (χ4v) is 3.58. The van der Waals surface area contributed by atoms with Gasteiger partial charge in [-0.1, -0.05) is 36.9 Å². The van der Waals surface area contributed by atoms with Gasteiger partial charge in [0.25, 0.3) is 5.91 Å². The first kappa shape index (κ1) is 18.9. The molecule has 1 heterocycles. The van der Waals surface area contributed by atoms with Crippen molar-refractivity contribution in [3.8, 4) is 0 Å². The minimum atomic E-state index is -0.551. The topological polar surface area (TPSA) is 78.5 Å². The highest BCUT2D eigenvalue weighted by molar-refractivity contribution is 6.02. The van der Waals surface area contributed by atoms with Gasteiger partial charge in [-0.3, -0.25) is 14.4 Å². The first-order valence-electron chi connectivity index (χ1n) is 9.77. The maximum atomic E-state index is 13.3. The second-order valence-corrected chi connectivity index (χ2v) is 7.48. The van der Waals surface area contributed by atoms with Crippen molar-refractivity contribution < 1.29 is 14.4 Å². The van der Waals surface area contributed by atoms with Crippen LogP contribution in [0.15, 0.2) is 61.2 Å². The van der Waals surface area contributed by atoms with E-state index in [1.807, 2.05) is 24.3 Å². The van der Waals surface area contributed by atoms with E-state index in [9.17, 15) is 14.4 Å². The first-order valence-corrected chi connectivity index (χ1v) is 9.77. The van der Waals surface area contributed by atoms with Crippen molar-refractivity contribution in [2.75, 3.05) is 5.32 Å². The maximum Gasteiger partial charge on any atom is 0.254 e. The summed E-state index contributed by atoms with van der Waals surface area (Å²) >= 11 is 0. The number of rotatable bonds is 5. The van der Waals surface area contributed by atoms with Gasteiger partial charge >= 0.3 is 0 Å². The number of anilines is 1. The van der Waals surface area contributed by atoms with Crippen LogP contribution in [0.3, 0.4) is 0 Å². The van der Waals surface area contributed by atoms with Crippen LogP contribution in [-0.2, 0) is 22.6 Å². The normalized spacial score (nSPS) is 17.8. The molecule has 0 unspecified atom stereocenters. The predicted octanol–water partition coefficient (Wildman–Crippen LogP) is 2.66. The number of nitrogens with one attached hydrogen (secondary N) is 2. The molecule has 29 heavy (non-hydrogen) atoms. The predicted molar refractivity (Wildman–Crippen MR) is 110 cm³/mol. The molecule has 2 aromatic carbocycles. The molecular weight excluding hydrogens is 366 g/mol. The zero-order valence-electron chi connectivity index (χ0n) is 16.1. The molecule has 4 rings (SSSR count). The number of hydrogen-bond acceptors (Lipinski definition) is 3. The second-order valence-electron chi connectivity index (χ2n) is 7.48. The van der Waals surface area contributed by atoms with Crippen molar-refractivity contribution >= 4 is 23.4 Å². The van der Waals surface area contributed by atoms with Crippen LogP contribution in [0, 0.1) is 0 Å². The van der Waals surface area contributed by atoms with E-state index in [4.69, 9.17) is 0 Å². The summed E-state index contributed by atoms with van der Waals surface area (Å²) < 4.78 is 0. The molecule has 0 bridgehead atoms. The molecule has 0 aromatic heterocycles. The second kappa shape index (κ2) is 7.91. The summed E-state index contributed by atoms with van der Waals surface area (Å²) in [6.07, 6.45) is 3.66. The van der Waals surface area contributed by atoms with E-state index in [0.29, 0.717) is 24.2 Å². The van der Waals surface area contributed by atoms with Gasteiger partial charge in [0.15, 0.2) is 0 Å². The lowest BCUT2D eigenvalue weighted by Gasteiger charge is -2.36. The van der Waals surface area contributed by atoms with Gasteiger partial charge in [-0.25, -0.2) is 0 Å². The Morgan fingerprint density at radius 1 is 1.03 bits per heavy atom. The van der Waals surface area contributed by atoms with E-state index in [2.05, 4.69) is 17.2 Å². The van der Waals surface area contributed by atoms with E-state index in [1.54, 1.807) is 29.2 Å². The molecule has 2 N–H and O–H groups in total. The molecule has 0 saturated heterocycles. The highest BCUT2D eigenvalue weighted by Gasteiger charge is 2.37.